The summed E-state index contributed by atoms with van der Waals surface area (Å²) in [4.78, 5) is 12.4. The average Bonchev–Trinajstić information content (AvgIpc) is 2.77. The number of aryl methyl sites for hydroxylation is 1. The standard InChI is InChI=1S/C19H22N2O2/c1-13-5-7-14(8-6-13)15-3-2-4-16(11-15)18-19(22)21-17(12-20)9-10-23-18/h2-8,11,17-18H,9-10,12,20H2,1H3,(H,21,22). The van der Waals surface area contributed by atoms with E-state index in [1.807, 2.05) is 24.3 Å². The molecule has 1 aliphatic heterocycles. The van der Waals surface area contributed by atoms with Gasteiger partial charge >= 0.3 is 0 Å². The zero-order chi connectivity index (χ0) is 16.2. The molecule has 0 aromatic heterocycles. The van der Waals surface area contributed by atoms with Gasteiger partial charge in [-0.05, 0) is 36.1 Å². The van der Waals surface area contributed by atoms with Crippen molar-refractivity contribution < 1.29 is 9.53 Å². The molecule has 0 radical (unpaired) electrons. The third kappa shape index (κ3) is 3.60. The zero-order valence-corrected chi connectivity index (χ0v) is 13.3. The van der Waals surface area contributed by atoms with Crippen LogP contribution in [0, 0.1) is 6.92 Å². The Balaban J connectivity index is 1.87. The molecule has 23 heavy (non-hydrogen) atoms. The van der Waals surface area contributed by atoms with Gasteiger partial charge in [-0.25, -0.2) is 0 Å². The molecule has 120 valence electrons. The molecule has 2 unspecified atom stereocenters. The van der Waals surface area contributed by atoms with E-state index in [1.165, 1.54) is 5.56 Å². The monoisotopic (exact) mass is 310 g/mol. The number of benzene rings is 2. The van der Waals surface area contributed by atoms with Crippen LogP contribution >= 0.6 is 0 Å². The number of rotatable bonds is 3. The Bertz CT molecular complexity index is 682. The minimum atomic E-state index is -0.572. The maximum atomic E-state index is 12.4. The Morgan fingerprint density at radius 1 is 1.17 bits per heavy atom. The number of ether oxygens (including phenoxy) is 1. The van der Waals surface area contributed by atoms with Crippen molar-refractivity contribution in [2.24, 2.45) is 5.73 Å². The summed E-state index contributed by atoms with van der Waals surface area (Å²) < 4.78 is 5.78. The van der Waals surface area contributed by atoms with Gasteiger partial charge in [0.15, 0.2) is 6.10 Å². The van der Waals surface area contributed by atoms with E-state index >= 15 is 0 Å². The molecule has 0 bridgehead atoms. The van der Waals surface area contributed by atoms with Crippen molar-refractivity contribution in [1.29, 1.82) is 0 Å². The van der Waals surface area contributed by atoms with Gasteiger partial charge in [0.2, 0.25) is 0 Å². The minimum absolute atomic E-state index is 0.00668. The lowest BCUT2D eigenvalue weighted by molar-refractivity contribution is -0.131. The second-order valence-corrected chi connectivity index (χ2v) is 5.97. The van der Waals surface area contributed by atoms with E-state index < -0.39 is 6.10 Å². The molecular weight excluding hydrogens is 288 g/mol. The number of hydrogen-bond donors (Lipinski definition) is 2. The summed E-state index contributed by atoms with van der Waals surface area (Å²) in [6, 6.07) is 16.3. The van der Waals surface area contributed by atoms with E-state index in [9.17, 15) is 4.79 Å². The van der Waals surface area contributed by atoms with Crippen LogP contribution in [-0.2, 0) is 9.53 Å². The highest BCUT2D eigenvalue weighted by Gasteiger charge is 2.27. The Morgan fingerprint density at radius 2 is 1.96 bits per heavy atom. The van der Waals surface area contributed by atoms with Crippen LogP contribution in [0.25, 0.3) is 11.1 Å². The molecule has 1 aliphatic rings. The van der Waals surface area contributed by atoms with Gasteiger partial charge < -0.3 is 15.8 Å². The molecule has 0 spiro atoms. The van der Waals surface area contributed by atoms with Crippen LogP contribution in [0.15, 0.2) is 48.5 Å². The van der Waals surface area contributed by atoms with Crippen LogP contribution in [0.4, 0.5) is 0 Å². The van der Waals surface area contributed by atoms with Crippen molar-refractivity contribution in [1.82, 2.24) is 5.32 Å². The Hall–Kier alpha value is -2.17. The molecular formula is C19H22N2O2. The number of nitrogens with one attached hydrogen (secondary N) is 1. The smallest absolute Gasteiger partial charge is 0.254 e. The van der Waals surface area contributed by atoms with Crippen molar-refractivity contribution in [3.63, 3.8) is 0 Å². The molecule has 1 amide bonds. The highest BCUT2D eigenvalue weighted by atomic mass is 16.5. The lowest BCUT2D eigenvalue weighted by Crippen LogP contribution is -2.40. The molecule has 3 rings (SSSR count). The number of amides is 1. The zero-order valence-electron chi connectivity index (χ0n) is 13.3. The SMILES string of the molecule is Cc1ccc(-c2cccc(C3OCCC(CN)NC3=O)c2)cc1. The van der Waals surface area contributed by atoms with Crippen molar-refractivity contribution >= 4 is 5.91 Å². The fourth-order valence-corrected chi connectivity index (χ4v) is 2.80. The molecule has 0 aliphatic carbocycles. The quantitative estimate of drug-likeness (QED) is 0.916. The average molecular weight is 310 g/mol. The van der Waals surface area contributed by atoms with Crippen LogP contribution < -0.4 is 11.1 Å². The Morgan fingerprint density at radius 3 is 2.70 bits per heavy atom. The number of nitrogens with two attached hydrogens (primary N) is 1. The summed E-state index contributed by atoms with van der Waals surface area (Å²) in [7, 11) is 0. The molecule has 3 N–H and O–H groups in total. The number of carbonyl (C=O) groups is 1. The molecule has 1 saturated heterocycles. The molecule has 2 aromatic carbocycles. The molecule has 0 saturated carbocycles. The predicted octanol–water partition coefficient (Wildman–Crippen LogP) is 2.57. The molecule has 2 aromatic rings. The maximum absolute atomic E-state index is 12.4. The van der Waals surface area contributed by atoms with Crippen molar-refractivity contribution in [2.75, 3.05) is 13.2 Å². The summed E-state index contributed by atoms with van der Waals surface area (Å²) in [5.74, 6) is -0.112. The van der Waals surface area contributed by atoms with E-state index in [-0.39, 0.29) is 11.9 Å². The maximum Gasteiger partial charge on any atom is 0.254 e. The van der Waals surface area contributed by atoms with Crippen molar-refractivity contribution in [3.8, 4) is 11.1 Å². The third-order valence-corrected chi connectivity index (χ3v) is 4.19. The molecule has 1 fully saturated rings. The van der Waals surface area contributed by atoms with E-state index in [0.29, 0.717) is 13.2 Å². The number of hydrogen-bond acceptors (Lipinski definition) is 3. The first kappa shape index (κ1) is 15.7. The lowest BCUT2D eigenvalue weighted by atomic mass is 9.99. The predicted molar refractivity (Wildman–Crippen MR) is 90.9 cm³/mol. The Kier molecular flexibility index (Phi) is 4.74. The Labute approximate surface area is 136 Å². The molecule has 4 heteroatoms. The van der Waals surface area contributed by atoms with E-state index in [1.54, 1.807) is 0 Å². The summed E-state index contributed by atoms with van der Waals surface area (Å²) in [6.45, 7) is 3.03. The van der Waals surface area contributed by atoms with Crippen LogP contribution in [0.5, 0.6) is 0 Å². The summed E-state index contributed by atoms with van der Waals surface area (Å²) >= 11 is 0. The lowest BCUT2D eigenvalue weighted by Gasteiger charge is -2.16. The molecule has 1 heterocycles. The van der Waals surface area contributed by atoms with Crippen molar-refractivity contribution in [3.05, 3.63) is 59.7 Å². The van der Waals surface area contributed by atoms with E-state index in [2.05, 4.69) is 36.5 Å². The highest BCUT2D eigenvalue weighted by molar-refractivity contribution is 5.83. The second-order valence-electron chi connectivity index (χ2n) is 5.97. The van der Waals surface area contributed by atoms with Crippen LogP contribution in [0.2, 0.25) is 0 Å². The van der Waals surface area contributed by atoms with Crippen LogP contribution in [-0.4, -0.2) is 25.1 Å². The fourth-order valence-electron chi connectivity index (χ4n) is 2.80. The van der Waals surface area contributed by atoms with Crippen LogP contribution in [0.1, 0.15) is 23.7 Å². The van der Waals surface area contributed by atoms with Gasteiger partial charge in [0, 0.05) is 12.6 Å². The van der Waals surface area contributed by atoms with Gasteiger partial charge in [-0.15, -0.1) is 0 Å². The van der Waals surface area contributed by atoms with Gasteiger partial charge in [-0.2, -0.15) is 0 Å². The normalized spacial score (nSPS) is 21.6. The van der Waals surface area contributed by atoms with Gasteiger partial charge in [0.05, 0.1) is 6.61 Å². The minimum Gasteiger partial charge on any atom is -0.364 e. The summed E-state index contributed by atoms with van der Waals surface area (Å²) in [6.07, 6.45) is 0.174. The van der Waals surface area contributed by atoms with Gasteiger partial charge in [0.1, 0.15) is 0 Å². The first-order chi connectivity index (χ1) is 11.2. The highest BCUT2D eigenvalue weighted by Crippen LogP contribution is 2.26. The first-order valence-corrected chi connectivity index (χ1v) is 7.96. The fraction of sp³-hybridized carbons (Fsp3) is 0.316. The molecule has 2 atom stereocenters. The van der Waals surface area contributed by atoms with Gasteiger partial charge in [0.25, 0.3) is 5.91 Å². The summed E-state index contributed by atoms with van der Waals surface area (Å²) in [5.41, 5.74) is 9.97. The third-order valence-electron chi connectivity index (χ3n) is 4.19. The number of carbonyl (C=O) groups excluding carboxylic acids is 1. The summed E-state index contributed by atoms with van der Waals surface area (Å²) in [5, 5.41) is 2.95. The van der Waals surface area contributed by atoms with Crippen LogP contribution in [0.3, 0.4) is 0 Å². The topological polar surface area (TPSA) is 64.3 Å². The van der Waals surface area contributed by atoms with Gasteiger partial charge in [-0.3, -0.25) is 4.79 Å². The van der Waals surface area contributed by atoms with E-state index in [0.717, 1.165) is 23.1 Å². The molecule has 4 nitrogen and oxygen atoms in total. The largest absolute Gasteiger partial charge is 0.364 e. The first-order valence-electron chi connectivity index (χ1n) is 7.96. The van der Waals surface area contributed by atoms with Gasteiger partial charge in [-0.1, -0.05) is 48.0 Å². The van der Waals surface area contributed by atoms with E-state index in [4.69, 9.17) is 10.5 Å². The second kappa shape index (κ2) is 6.94. The van der Waals surface area contributed by atoms with Crippen molar-refractivity contribution in [2.45, 2.75) is 25.5 Å².